The molecule has 116 valence electrons. The maximum Gasteiger partial charge on any atom is 0.344 e. The number of aryl methyl sites for hydroxylation is 1. The lowest BCUT2D eigenvalue weighted by molar-refractivity contribution is 0.0519. The first-order chi connectivity index (χ1) is 10.5. The Morgan fingerprint density at radius 1 is 1.50 bits per heavy atom. The van der Waals surface area contributed by atoms with Crippen molar-refractivity contribution in [3.05, 3.63) is 40.1 Å². The highest BCUT2D eigenvalue weighted by molar-refractivity contribution is 6.33. The summed E-state index contributed by atoms with van der Waals surface area (Å²) < 4.78 is 24.7. The van der Waals surface area contributed by atoms with Gasteiger partial charge in [-0.15, -0.1) is 0 Å². The fourth-order valence-corrected chi connectivity index (χ4v) is 2.74. The molecule has 0 unspecified atom stereocenters. The standard InChI is InChI=1S/C16H15ClFNO3/c1-3-21-15(20)12-13(11-9(2)5-4-6-10(11)17)19-22-14(12)16(18)7-8-16/h4-6H,3,7-8H2,1-2H3. The molecule has 0 saturated heterocycles. The lowest BCUT2D eigenvalue weighted by Crippen LogP contribution is -2.11. The third-order valence-corrected chi connectivity index (χ3v) is 4.04. The summed E-state index contributed by atoms with van der Waals surface area (Å²) in [5.74, 6) is -0.697. The van der Waals surface area contributed by atoms with Crippen LogP contribution in [-0.4, -0.2) is 17.7 Å². The molecule has 1 aliphatic carbocycles. The average Bonchev–Trinajstić information content (AvgIpc) is 3.05. The molecule has 1 saturated carbocycles. The van der Waals surface area contributed by atoms with E-state index in [2.05, 4.69) is 5.16 Å². The highest BCUT2D eigenvalue weighted by Gasteiger charge is 2.52. The van der Waals surface area contributed by atoms with Crippen LogP contribution in [0.3, 0.4) is 0 Å². The first-order valence-corrected chi connectivity index (χ1v) is 7.47. The Bertz CT molecular complexity index is 717. The predicted molar refractivity (Wildman–Crippen MR) is 79.7 cm³/mol. The molecule has 0 amide bonds. The zero-order chi connectivity index (χ0) is 15.9. The Kier molecular flexibility index (Phi) is 3.68. The van der Waals surface area contributed by atoms with Gasteiger partial charge in [0.05, 0.1) is 11.6 Å². The molecule has 2 aromatic rings. The Morgan fingerprint density at radius 3 is 2.82 bits per heavy atom. The number of aromatic nitrogens is 1. The van der Waals surface area contributed by atoms with Gasteiger partial charge in [0.15, 0.2) is 11.4 Å². The minimum absolute atomic E-state index is 0.0399. The van der Waals surface area contributed by atoms with Gasteiger partial charge in [0.25, 0.3) is 0 Å². The number of esters is 1. The summed E-state index contributed by atoms with van der Waals surface area (Å²) >= 11 is 6.23. The van der Waals surface area contributed by atoms with Crippen LogP contribution in [0.4, 0.5) is 4.39 Å². The smallest absolute Gasteiger partial charge is 0.344 e. The molecule has 3 rings (SSSR count). The van der Waals surface area contributed by atoms with Gasteiger partial charge in [-0.25, -0.2) is 9.18 Å². The lowest BCUT2D eigenvalue weighted by Gasteiger charge is -2.08. The maximum atomic E-state index is 14.4. The van der Waals surface area contributed by atoms with Crippen LogP contribution in [-0.2, 0) is 10.4 Å². The number of halogens is 2. The van der Waals surface area contributed by atoms with E-state index in [-0.39, 0.29) is 23.6 Å². The first-order valence-electron chi connectivity index (χ1n) is 7.09. The Morgan fingerprint density at radius 2 is 2.23 bits per heavy atom. The summed E-state index contributed by atoms with van der Waals surface area (Å²) in [6.07, 6.45) is 0.630. The van der Waals surface area contributed by atoms with Crippen molar-refractivity contribution in [1.29, 1.82) is 0 Å². The van der Waals surface area contributed by atoms with E-state index in [4.69, 9.17) is 20.9 Å². The number of rotatable bonds is 4. The van der Waals surface area contributed by atoms with Gasteiger partial charge in [0.2, 0.25) is 0 Å². The number of carbonyl (C=O) groups excluding carboxylic acids is 1. The van der Waals surface area contributed by atoms with Crippen molar-refractivity contribution in [3.63, 3.8) is 0 Å². The molecule has 1 aromatic carbocycles. The SMILES string of the molecule is CCOC(=O)c1c(-c2c(C)cccc2Cl)noc1C1(F)CC1. The average molecular weight is 324 g/mol. The Labute approximate surface area is 132 Å². The number of nitrogens with zero attached hydrogens (tertiary/aromatic N) is 1. The van der Waals surface area contributed by atoms with Gasteiger partial charge in [0.1, 0.15) is 11.3 Å². The molecule has 0 bridgehead atoms. The lowest BCUT2D eigenvalue weighted by atomic mass is 10.00. The summed E-state index contributed by atoms with van der Waals surface area (Å²) in [7, 11) is 0. The summed E-state index contributed by atoms with van der Waals surface area (Å²) in [5, 5.41) is 4.34. The predicted octanol–water partition coefficient (Wildman–Crippen LogP) is 4.44. The molecule has 1 heterocycles. The molecule has 1 aromatic heterocycles. The fourth-order valence-electron chi connectivity index (χ4n) is 2.43. The van der Waals surface area contributed by atoms with Crippen molar-refractivity contribution in [3.8, 4) is 11.3 Å². The molecule has 0 radical (unpaired) electrons. The van der Waals surface area contributed by atoms with E-state index in [0.29, 0.717) is 23.4 Å². The van der Waals surface area contributed by atoms with E-state index in [1.165, 1.54) is 0 Å². The summed E-state index contributed by atoms with van der Waals surface area (Å²) in [4.78, 5) is 12.3. The number of ether oxygens (including phenoxy) is 1. The van der Waals surface area contributed by atoms with E-state index in [1.807, 2.05) is 13.0 Å². The second-order valence-corrected chi connectivity index (χ2v) is 5.76. The molecular formula is C16H15ClFNO3. The van der Waals surface area contributed by atoms with Crippen molar-refractivity contribution in [1.82, 2.24) is 5.16 Å². The number of benzene rings is 1. The van der Waals surface area contributed by atoms with Crippen molar-refractivity contribution >= 4 is 17.6 Å². The third-order valence-electron chi connectivity index (χ3n) is 3.73. The number of hydrogen-bond acceptors (Lipinski definition) is 4. The van der Waals surface area contributed by atoms with Crippen LogP contribution >= 0.6 is 11.6 Å². The van der Waals surface area contributed by atoms with Crippen LogP contribution in [0.15, 0.2) is 22.7 Å². The molecule has 22 heavy (non-hydrogen) atoms. The number of alkyl halides is 1. The van der Waals surface area contributed by atoms with Crippen LogP contribution in [0.5, 0.6) is 0 Å². The molecule has 0 spiro atoms. The van der Waals surface area contributed by atoms with Gasteiger partial charge in [-0.05, 0) is 38.3 Å². The number of hydrogen-bond donors (Lipinski definition) is 0. The number of carbonyl (C=O) groups is 1. The van der Waals surface area contributed by atoms with Crippen molar-refractivity contribution < 1.29 is 18.4 Å². The largest absolute Gasteiger partial charge is 0.462 e. The van der Waals surface area contributed by atoms with Crippen LogP contribution < -0.4 is 0 Å². The van der Waals surface area contributed by atoms with Gasteiger partial charge in [-0.3, -0.25) is 0 Å². The van der Waals surface area contributed by atoms with Crippen LogP contribution in [0.25, 0.3) is 11.3 Å². The minimum atomic E-state index is -1.62. The van der Waals surface area contributed by atoms with E-state index < -0.39 is 11.6 Å². The third kappa shape index (κ3) is 2.39. The maximum absolute atomic E-state index is 14.4. The quantitative estimate of drug-likeness (QED) is 0.781. The summed E-state index contributed by atoms with van der Waals surface area (Å²) in [5.41, 5.74) is 0.0364. The molecule has 0 N–H and O–H groups in total. The Hall–Kier alpha value is -1.88. The molecule has 0 aliphatic heterocycles. The zero-order valence-corrected chi connectivity index (χ0v) is 13.0. The minimum Gasteiger partial charge on any atom is -0.462 e. The highest BCUT2D eigenvalue weighted by Crippen LogP contribution is 2.52. The second-order valence-electron chi connectivity index (χ2n) is 5.35. The van der Waals surface area contributed by atoms with Gasteiger partial charge in [-0.1, -0.05) is 28.9 Å². The van der Waals surface area contributed by atoms with E-state index in [9.17, 15) is 9.18 Å². The van der Waals surface area contributed by atoms with Gasteiger partial charge >= 0.3 is 5.97 Å². The molecule has 1 fully saturated rings. The van der Waals surface area contributed by atoms with Crippen molar-refractivity contribution in [2.75, 3.05) is 6.61 Å². The van der Waals surface area contributed by atoms with Gasteiger partial charge in [0, 0.05) is 5.56 Å². The molecule has 6 heteroatoms. The van der Waals surface area contributed by atoms with E-state index in [1.54, 1.807) is 19.1 Å². The van der Waals surface area contributed by atoms with Gasteiger partial charge < -0.3 is 9.26 Å². The van der Waals surface area contributed by atoms with Crippen LogP contribution in [0.1, 0.15) is 41.4 Å². The molecular weight excluding hydrogens is 309 g/mol. The molecule has 0 atom stereocenters. The van der Waals surface area contributed by atoms with Gasteiger partial charge in [-0.2, -0.15) is 0 Å². The molecule has 1 aliphatic rings. The monoisotopic (exact) mass is 323 g/mol. The first kappa shape index (κ1) is 15.0. The van der Waals surface area contributed by atoms with Crippen molar-refractivity contribution in [2.45, 2.75) is 32.4 Å². The second kappa shape index (κ2) is 5.39. The highest BCUT2D eigenvalue weighted by atomic mass is 35.5. The van der Waals surface area contributed by atoms with E-state index >= 15 is 0 Å². The van der Waals surface area contributed by atoms with Crippen molar-refractivity contribution in [2.24, 2.45) is 0 Å². The molecule has 4 nitrogen and oxygen atoms in total. The van der Waals surface area contributed by atoms with Crippen LogP contribution in [0.2, 0.25) is 5.02 Å². The summed E-state index contributed by atoms with van der Waals surface area (Å²) in [6, 6.07) is 5.33. The Balaban J connectivity index is 2.20. The zero-order valence-electron chi connectivity index (χ0n) is 12.3. The van der Waals surface area contributed by atoms with Crippen LogP contribution in [0, 0.1) is 6.92 Å². The van der Waals surface area contributed by atoms with E-state index in [0.717, 1.165) is 5.56 Å². The normalized spacial score (nSPS) is 15.6. The fraction of sp³-hybridized carbons (Fsp3) is 0.375. The summed E-state index contributed by atoms with van der Waals surface area (Å²) in [6.45, 7) is 3.71. The topological polar surface area (TPSA) is 52.3 Å².